The summed E-state index contributed by atoms with van der Waals surface area (Å²) in [6, 6.07) is 3.30. The second-order valence-corrected chi connectivity index (χ2v) is 5.70. The second kappa shape index (κ2) is 8.31. The van der Waals surface area contributed by atoms with Crippen LogP contribution in [0, 0.1) is 25.6 Å². The molecule has 1 N–H and O–H groups in total. The number of hydrogen-bond donors (Lipinski definition) is 1. The molecule has 2 heteroatoms. The summed E-state index contributed by atoms with van der Waals surface area (Å²) in [5.74, 6) is 0.601. The molecule has 1 aromatic carbocycles. The van der Waals surface area contributed by atoms with Gasteiger partial charge in [0.1, 0.15) is 5.82 Å². The summed E-state index contributed by atoms with van der Waals surface area (Å²) in [5, 5.41) is 3.44. The standard InChI is InChI=1S/C17H28FN/c1-5-9-19-10-8-13(2)6-7-17-14(3)11-16(18)12-15(17)4/h11-13,19H,5-10H2,1-4H3. The average Bonchev–Trinajstić information content (AvgIpc) is 2.33. The maximum Gasteiger partial charge on any atom is 0.123 e. The van der Waals surface area contributed by atoms with Gasteiger partial charge in [0.25, 0.3) is 0 Å². The van der Waals surface area contributed by atoms with Crippen molar-refractivity contribution < 1.29 is 4.39 Å². The normalized spacial score (nSPS) is 12.7. The molecule has 0 saturated heterocycles. The van der Waals surface area contributed by atoms with Crippen LogP contribution < -0.4 is 5.32 Å². The fraction of sp³-hybridized carbons (Fsp3) is 0.647. The van der Waals surface area contributed by atoms with E-state index in [1.807, 2.05) is 13.8 Å². The van der Waals surface area contributed by atoms with Crippen molar-refractivity contribution in [3.63, 3.8) is 0 Å². The largest absolute Gasteiger partial charge is 0.317 e. The third-order valence-corrected chi connectivity index (χ3v) is 3.79. The van der Waals surface area contributed by atoms with Crippen molar-refractivity contribution in [3.8, 4) is 0 Å². The molecule has 0 radical (unpaired) electrons. The van der Waals surface area contributed by atoms with Crippen molar-refractivity contribution in [1.82, 2.24) is 5.32 Å². The quantitative estimate of drug-likeness (QED) is 0.687. The molecule has 1 unspecified atom stereocenters. The molecule has 0 aliphatic rings. The zero-order valence-corrected chi connectivity index (χ0v) is 12.9. The minimum absolute atomic E-state index is 0.115. The summed E-state index contributed by atoms with van der Waals surface area (Å²) in [6.07, 6.45) is 4.66. The molecule has 0 amide bonds. The van der Waals surface area contributed by atoms with Crippen LogP contribution in [0.5, 0.6) is 0 Å². The summed E-state index contributed by atoms with van der Waals surface area (Å²) < 4.78 is 13.2. The molecule has 19 heavy (non-hydrogen) atoms. The van der Waals surface area contributed by atoms with Crippen LogP contribution in [0.1, 0.15) is 49.8 Å². The van der Waals surface area contributed by atoms with Gasteiger partial charge >= 0.3 is 0 Å². The van der Waals surface area contributed by atoms with E-state index < -0.39 is 0 Å². The van der Waals surface area contributed by atoms with E-state index in [1.54, 1.807) is 12.1 Å². The maximum absolute atomic E-state index is 13.2. The number of rotatable bonds is 8. The van der Waals surface area contributed by atoms with Gasteiger partial charge in [0.05, 0.1) is 0 Å². The predicted octanol–water partition coefficient (Wildman–Crippen LogP) is 4.40. The molecule has 108 valence electrons. The summed E-state index contributed by atoms with van der Waals surface area (Å²) in [4.78, 5) is 0. The van der Waals surface area contributed by atoms with E-state index in [2.05, 4.69) is 19.2 Å². The molecule has 0 bridgehead atoms. The van der Waals surface area contributed by atoms with Crippen molar-refractivity contribution in [2.45, 2.75) is 53.4 Å². The number of benzene rings is 1. The molecule has 1 aromatic rings. The van der Waals surface area contributed by atoms with E-state index in [1.165, 1.54) is 24.8 Å². The third-order valence-electron chi connectivity index (χ3n) is 3.79. The Bertz CT molecular complexity index is 364. The van der Waals surface area contributed by atoms with E-state index in [-0.39, 0.29) is 5.82 Å². The molecule has 0 aromatic heterocycles. The lowest BCUT2D eigenvalue weighted by atomic mass is 9.93. The van der Waals surface area contributed by atoms with Crippen LogP contribution in [-0.4, -0.2) is 13.1 Å². The van der Waals surface area contributed by atoms with Gasteiger partial charge in [-0.25, -0.2) is 4.39 Å². The Labute approximate surface area is 117 Å². The van der Waals surface area contributed by atoms with Crippen LogP contribution in [0.15, 0.2) is 12.1 Å². The van der Waals surface area contributed by atoms with Gasteiger partial charge < -0.3 is 5.32 Å². The number of aryl methyl sites for hydroxylation is 2. The monoisotopic (exact) mass is 265 g/mol. The zero-order chi connectivity index (χ0) is 14.3. The van der Waals surface area contributed by atoms with Crippen molar-refractivity contribution in [1.29, 1.82) is 0 Å². The average molecular weight is 265 g/mol. The number of nitrogens with one attached hydrogen (secondary N) is 1. The van der Waals surface area contributed by atoms with Gasteiger partial charge in [0.2, 0.25) is 0 Å². The highest BCUT2D eigenvalue weighted by Gasteiger charge is 2.08. The highest BCUT2D eigenvalue weighted by molar-refractivity contribution is 5.34. The first-order chi connectivity index (χ1) is 9.04. The smallest absolute Gasteiger partial charge is 0.123 e. The highest BCUT2D eigenvalue weighted by atomic mass is 19.1. The van der Waals surface area contributed by atoms with Gasteiger partial charge in [-0.05, 0) is 87.4 Å². The topological polar surface area (TPSA) is 12.0 Å². The Morgan fingerprint density at radius 2 is 1.74 bits per heavy atom. The molecule has 0 aliphatic heterocycles. The maximum atomic E-state index is 13.2. The van der Waals surface area contributed by atoms with Gasteiger partial charge in [0, 0.05) is 0 Å². The first-order valence-corrected chi connectivity index (χ1v) is 7.51. The van der Waals surface area contributed by atoms with E-state index >= 15 is 0 Å². The van der Waals surface area contributed by atoms with E-state index in [0.717, 1.165) is 30.6 Å². The Hall–Kier alpha value is -0.890. The lowest BCUT2D eigenvalue weighted by molar-refractivity contribution is 0.469. The SMILES string of the molecule is CCCNCCC(C)CCc1c(C)cc(F)cc1C. The summed E-state index contributed by atoms with van der Waals surface area (Å²) >= 11 is 0. The molecule has 0 fully saturated rings. The van der Waals surface area contributed by atoms with Crippen LogP contribution in [0.2, 0.25) is 0 Å². The summed E-state index contributed by atoms with van der Waals surface area (Å²) in [6.45, 7) is 10.7. The minimum atomic E-state index is -0.115. The lowest BCUT2D eigenvalue weighted by Crippen LogP contribution is -2.18. The molecule has 0 aliphatic carbocycles. The fourth-order valence-electron chi connectivity index (χ4n) is 2.52. The fourth-order valence-corrected chi connectivity index (χ4v) is 2.52. The molecule has 1 nitrogen and oxygen atoms in total. The highest BCUT2D eigenvalue weighted by Crippen LogP contribution is 2.20. The van der Waals surface area contributed by atoms with Gasteiger partial charge in [-0.2, -0.15) is 0 Å². The molecular weight excluding hydrogens is 237 g/mol. The van der Waals surface area contributed by atoms with E-state index in [4.69, 9.17) is 0 Å². The minimum Gasteiger partial charge on any atom is -0.317 e. The summed E-state index contributed by atoms with van der Waals surface area (Å²) in [7, 11) is 0. The van der Waals surface area contributed by atoms with Crippen LogP contribution in [-0.2, 0) is 6.42 Å². The molecule has 1 atom stereocenters. The van der Waals surface area contributed by atoms with Crippen molar-refractivity contribution in [3.05, 3.63) is 34.6 Å². The Morgan fingerprint density at radius 1 is 1.11 bits per heavy atom. The first kappa shape index (κ1) is 16.2. The van der Waals surface area contributed by atoms with Gasteiger partial charge in [-0.15, -0.1) is 0 Å². The Kier molecular flexibility index (Phi) is 7.07. The number of halogens is 1. The molecule has 0 spiro atoms. The predicted molar refractivity (Wildman–Crippen MR) is 81.1 cm³/mol. The summed E-state index contributed by atoms with van der Waals surface area (Å²) in [5.41, 5.74) is 3.51. The van der Waals surface area contributed by atoms with Crippen molar-refractivity contribution in [2.24, 2.45) is 5.92 Å². The van der Waals surface area contributed by atoms with Crippen LogP contribution in [0.3, 0.4) is 0 Å². The van der Waals surface area contributed by atoms with Crippen molar-refractivity contribution >= 4 is 0 Å². The van der Waals surface area contributed by atoms with Crippen molar-refractivity contribution in [2.75, 3.05) is 13.1 Å². The second-order valence-electron chi connectivity index (χ2n) is 5.70. The first-order valence-electron chi connectivity index (χ1n) is 7.51. The van der Waals surface area contributed by atoms with Crippen LogP contribution >= 0.6 is 0 Å². The van der Waals surface area contributed by atoms with Gasteiger partial charge in [-0.1, -0.05) is 13.8 Å². The van der Waals surface area contributed by atoms with Crippen LogP contribution in [0.4, 0.5) is 4.39 Å². The molecular formula is C17H28FN. The van der Waals surface area contributed by atoms with Gasteiger partial charge in [0.15, 0.2) is 0 Å². The third kappa shape index (κ3) is 5.73. The number of hydrogen-bond acceptors (Lipinski definition) is 1. The molecule has 0 heterocycles. The molecule has 1 rings (SSSR count). The van der Waals surface area contributed by atoms with E-state index in [0.29, 0.717) is 5.92 Å². The zero-order valence-electron chi connectivity index (χ0n) is 12.9. The van der Waals surface area contributed by atoms with Crippen LogP contribution in [0.25, 0.3) is 0 Å². The molecule has 0 saturated carbocycles. The van der Waals surface area contributed by atoms with E-state index in [9.17, 15) is 4.39 Å². The Morgan fingerprint density at radius 3 is 2.32 bits per heavy atom. The lowest BCUT2D eigenvalue weighted by Gasteiger charge is -2.15. The van der Waals surface area contributed by atoms with Gasteiger partial charge in [-0.3, -0.25) is 0 Å². The Balaban J connectivity index is 2.40.